The predicted octanol–water partition coefficient (Wildman–Crippen LogP) is 4.88. The third-order valence-corrected chi connectivity index (χ3v) is 4.39. The molecule has 0 bridgehead atoms. The summed E-state index contributed by atoms with van der Waals surface area (Å²) in [6, 6.07) is 19.2. The molecule has 0 aliphatic rings. The second kappa shape index (κ2) is 11.3. The fraction of sp³-hybridized carbons (Fsp3) is 0.261. The summed E-state index contributed by atoms with van der Waals surface area (Å²) in [5.74, 6) is 2.12. The van der Waals surface area contributed by atoms with Crippen molar-refractivity contribution in [3.8, 4) is 17.4 Å². The SMILES string of the molecule is CCOc1cccc(CNCCOc2ccccn2)c1OCc1ccc(Cl)cc1. The molecule has 3 aromatic rings. The van der Waals surface area contributed by atoms with Crippen LogP contribution in [0.3, 0.4) is 0 Å². The molecule has 29 heavy (non-hydrogen) atoms. The highest BCUT2D eigenvalue weighted by molar-refractivity contribution is 6.30. The average Bonchev–Trinajstić information content (AvgIpc) is 2.75. The van der Waals surface area contributed by atoms with Crippen molar-refractivity contribution in [2.24, 2.45) is 0 Å². The molecule has 6 heteroatoms. The zero-order valence-electron chi connectivity index (χ0n) is 16.4. The number of pyridine rings is 1. The minimum atomic E-state index is 0.442. The number of rotatable bonds is 11. The summed E-state index contributed by atoms with van der Waals surface area (Å²) in [5.41, 5.74) is 2.08. The standard InChI is InChI=1S/C23H25ClN2O3/c1-2-27-21-7-5-6-19(16-25-14-15-28-22-8-3-4-13-26-22)23(21)29-17-18-9-11-20(24)12-10-18/h3-13,25H,2,14-17H2,1H3. The molecule has 0 spiro atoms. The van der Waals surface area contributed by atoms with Crippen molar-refractivity contribution >= 4 is 11.6 Å². The van der Waals surface area contributed by atoms with Gasteiger partial charge in [-0.2, -0.15) is 0 Å². The first-order valence-electron chi connectivity index (χ1n) is 9.62. The van der Waals surface area contributed by atoms with Gasteiger partial charge in [-0.25, -0.2) is 4.98 Å². The van der Waals surface area contributed by atoms with Crippen LogP contribution in [0.1, 0.15) is 18.1 Å². The van der Waals surface area contributed by atoms with E-state index in [9.17, 15) is 0 Å². The lowest BCUT2D eigenvalue weighted by atomic mass is 10.1. The van der Waals surface area contributed by atoms with Crippen LogP contribution in [0.15, 0.2) is 66.9 Å². The van der Waals surface area contributed by atoms with Crippen LogP contribution in [0, 0.1) is 0 Å². The van der Waals surface area contributed by atoms with E-state index in [1.54, 1.807) is 6.20 Å². The Kier molecular flexibility index (Phi) is 8.16. The van der Waals surface area contributed by atoms with Gasteiger partial charge in [-0.05, 0) is 36.8 Å². The number of benzene rings is 2. The monoisotopic (exact) mass is 412 g/mol. The number of halogens is 1. The van der Waals surface area contributed by atoms with E-state index >= 15 is 0 Å². The lowest BCUT2D eigenvalue weighted by Gasteiger charge is -2.16. The van der Waals surface area contributed by atoms with E-state index in [0.29, 0.717) is 43.8 Å². The topological polar surface area (TPSA) is 52.6 Å². The van der Waals surface area contributed by atoms with Crippen LogP contribution in [0.25, 0.3) is 0 Å². The molecule has 1 aromatic heterocycles. The number of hydrogen-bond acceptors (Lipinski definition) is 5. The van der Waals surface area contributed by atoms with Gasteiger partial charge in [0.25, 0.3) is 0 Å². The fourth-order valence-electron chi connectivity index (χ4n) is 2.75. The first-order chi connectivity index (χ1) is 14.3. The third kappa shape index (κ3) is 6.66. The molecule has 0 aliphatic heterocycles. The number of aromatic nitrogens is 1. The zero-order chi connectivity index (χ0) is 20.3. The van der Waals surface area contributed by atoms with Gasteiger partial charge in [0.15, 0.2) is 11.5 Å². The van der Waals surface area contributed by atoms with Crippen molar-refractivity contribution in [2.75, 3.05) is 19.8 Å². The van der Waals surface area contributed by atoms with Crippen molar-refractivity contribution in [1.29, 1.82) is 0 Å². The Labute approximate surface area is 176 Å². The first-order valence-corrected chi connectivity index (χ1v) is 10.0. The van der Waals surface area contributed by atoms with E-state index in [4.69, 9.17) is 25.8 Å². The van der Waals surface area contributed by atoms with E-state index < -0.39 is 0 Å². The summed E-state index contributed by atoms with van der Waals surface area (Å²) in [6.45, 7) is 4.84. The minimum Gasteiger partial charge on any atom is -0.490 e. The number of ether oxygens (including phenoxy) is 3. The summed E-state index contributed by atoms with van der Waals surface area (Å²) in [4.78, 5) is 4.14. The summed E-state index contributed by atoms with van der Waals surface area (Å²) in [5, 5.41) is 4.09. The van der Waals surface area contributed by atoms with Crippen LogP contribution in [-0.4, -0.2) is 24.7 Å². The zero-order valence-corrected chi connectivity index (χ0v) is 17.2. The molecule has 0 saturated heterocycles. The molecule has 152 valence electrons. The van der Waals surface area contributed by atoms with E-state index in [0.717, 1.165) is 22.6 Å². The van der Waals surface area contributed by atoms with Crippen LogP contribution < -0.4 is 19.5 Å². The van der Waals surface area contributed by atoms with Crippen LogP contribution in [0.5, 0.6) is 17.4 Å². The Morgan fingerprint density at radius 1 is 0.931 bits per heavy atom. The lowest BCUT2D eigenvalue weighted by molar-refractivity contribution is 0.265. The van der Waals surface area contributed by atoms with Crippen molar-refractivity contribution in [3.05, 3.63) is 83.0 Å². The Morgan fingerprint density at radius 3 is 2.55 bits per heavy atom. The van der Waals surface area contributed by atoms with Crippen LogP contribution in [0.2, 0.25) is 5.02 Å². The van der Waals surface area contributed by atoms with E-state index in [2.05, 4.69) is 10.3 Å². The van der Waals surface area contributed by atoms with Gasteiger partial charge >= 0.3 is 0 Å². The Balaban J connectivity index is 1.58. The van der Waals surface area contributed by atoms with E-state index in [-0.39, 0.29) is 0 Å². The predicted molar refractivity (Wildman–Crippen MR) is 115 cm³/mol. The fourth-order valence-corrected chi connectivity index (χ4v) is 2.88. The number of hydrogen-bond donors (Lipinski definition) is 1. The van der Waals surface area contributed by atoms with Gasteiger partial charge in [0, 0.05) is 35.9 Å². The lowest BCUT2D eigenvalue weighted by Crippen LogP contribution is -2.21. The second-order valence-corrected chi connectivity index (χ2v) is 6.72. The second-order valence-electron chi connectivity index (χ2n) is 6.29. The van der Waals surface area contributed by atoms with Gasteiger partial charge in [0.05, 0.1) is 6.61 Å². The normalized spacial score (nSPS) is 10.6. The Hall–Kier alpha value is -2.76. The van der Waals surface area contributed by atoms with Gasteiger partial charge in [-0.3, -0.25) is 0 Å². The highest BCUT2D eigenvalue weighted by Gasteiger charge is 2.11. The maximum atomic E-state index is 6.12. The van der Waals surface area contributed by atoms with Gasteiger partial charge < -0.3 is 19.5 Å². The van der Waals surface area contributed by atoms with Crippen molar-refractivity contribution in [1.82, 2.24) is 10.3 Å². The highest BCUT2D eigenvalue weighted by atomic mass is 35.5. The molecule has 0 atom stereocenters. The third-order valence-electron chi connectivity index (χ3n) is 4.14. The molecule has 0 fully saturated rings. The van der Waals surface area contributed by atoms with Gasteiger partial charge in [-0.1, -0.05) is 41.9 Å². The molecule has 0 unspecified atom stereocenters. The Morgan fingerprint density at radius 2 is 1.79 bits per heavy atom. The highest BCUT2D eigenvalue weighted by Crippen LogP contribution is 2.32. The number of nitrogens with zero attached hydrogens (tertiary/aromatic N) is 1. The summed E-state index contributed by atoms with van der Waals surface area (Å²) >= 11 is 5.96. The quantitative estimate of drug-likeness (QED) is 0.455. The van der Waals surface area contributed by atoms with Gasteiger partial charge in [-0.15, -0.1) is 0 Å². The molecule has 3 rings (SSSR count). The number of para-hydroxylation sites is 1. The molecule has 0 amide bonds. The largest absolute Gasteiger partial charge is 0.490 e. The molecule has 0 saturated carbocycles. The Bertz CT molecular complexity index is 873. The maximum absolute atomic E-state index is 6.12. The van der Waals surface area contributed by atoms with E-state index in [1.807, 2.05) is 67.6 Å². The van der Waals surface area contributed by atoms with E-state index in [1.165, 1.54) is 0 Å². The van der Waals surface area contributed by atoms with Crippen LogP contribution >= 0.6 is 11.6 Å². The molecule has 1 N–H and O–H groups in total. The first kappa shape index (κ1) is 21.0. The smallest absolute Gasteiger partial charge is 0.213 e. The molecule has 5 nitrogen and oxygen atoms in total. The van der Waals surface area contributed by atoms with Crippen LogP contribution in [-0.2, 0) is 13.2 Å². The molecular formula is C23H25ClN2O3. The summed E-state index contributed by atoms with van der Waals surface area (Å²) in [6.07, 6.45) is 1.71. The number of nitrogens with one attached hydrogen (secondary N) is 1. The molecule has 2 aromatic carbocycles. The van der Waals surface area contributed by atoms with Crippen molar-refractivity contribution in [2.45, 2.75) is 20.1 Å². The van der Waals surface area contributed by atoms with Crippen LogP contribution in [0.4, 0.5) is 0 Å². The molecule has 0 aliphatic carbocycles. The maximum Gasteiger partial charge on any atom is 0.213 e. The average molecular weight is 413 g/mol. The molecule has 1 heterocycles. The molecule has 0 radical (unpaired) electrons. The van der Waals surface area contributed by atoms with Gasteiger partial charge in [0.2, 0.25) is 5.88 Å². The van der Waals surface area contributed by atoms with Gasteiger partial charge in [0.1, 0.15) is 13.2 Å². The summed E-state index contributed by atoms with van der Waals surface area (Å²) < 4.78 is 17.5. The minimum absolute atomic E-state index is 0.442. The van der Waals surface area contributed by atoms with Crippen molar-refractivity contribution in [3.63, 3.8) is 0 Å². The summed E-state index contributed by atoms with van der Waals surface area (Å²) in [7, 11) is 0. The molecular weight excluding hydrogens is 388 g/mol. The van der Waals surface area contributed by atoms with Crippen molar-refractivity contribution < 1.29 is 14.2 Å².